The molecule has 0 spiro atoms. The molecule has 0 aliphatic carbocycles. The maximum absolute atomic E-state index is 11.4. The number of rotatable bonds is 2. The summed E-state index contributed by atoms with van der Waals surface area (Å²) in [6.07, 6.45) is 0.680. The van der Waals surface area contributed by atoms with Crippen molar-refractivity contribution in [3.63, 3.8) is 0 Å². The van der Waals surface area contributed by atoms with Crippen molar-refractivity contribution in [3.05, 3.63) is 35.9 Å². The van der Waals surface area contributed by atoms with E-state index in [1.807, 2.05) is 18.2 Å². The smallest absolute Gasteiger partial charge is 0.148 e. The Morgan fingerprint density at radius 1 is 1.27 bits per heavy atom. The maximum atomic E-state index is 11.4. The molecule has 0 bridgehead atoms. The molecule has 0 radical (unpaired) electrons. The monoisotopic (exact) mass is 203 g/mol. The van der Waals surface area contributed by atoms with Gasteiger partial charge in [0.1, 0.15) is 5.78 Å². The van der Waals surface area contributed by atoms with Crippen LogP contribution in [0.4, 0.5) is 0 Å². The van der Waals surface area contributed by atoms with Gasteiger partial charge < -0.3 is 0 Å². The minimum Gasteiger partial charge on any atom is -0.298 e. The van der Waals surface area contributed by atoms with Crippen LogP contribution in [-0.4, -0.2) is 22.8 Å². The van der Waals surface area contributed by atoms with E-state index >= 15 is 0 Å². The van der Waals surface area contributed by atoms with Crippen molar-refractivity contribution in [2.45, 2.75) is 32.4 Å². The molecule has 1 aliphatic heterocycles. The molecular formula is C13H17NO. The van der Waals surface area contributed by atoms with Crippen LogP contribution in [0.15, 0.2) is 30.3 Å². The first-order chi connectivity index (χ1) is 7.08. The predicted molar refractivity (Wildman–Crippen MR) is 60.6 cm³/mol. The first-order valence-electron chi connectivity index (χ1n) is 5.39. The summed E-state index contributed by atoms with van der Waals surface area (Å²) in [5.41, 5.74) is 1.30. The number of ketones is 1. The summed E-state index contributed by atoms with van der Waals surface area (Å²) >= 11 is 0. The molecule has 1 aliphatic rings. The first kappa shape index (κ1) is 10.4. The SMILES string of the molecule is CC1(C)CC(=O)CN1Cc1ccccc1. The molecule has 15 heavy (non-hydrogen) atoms. The lowest BCUT2D eigenvalue weighted by atomic mass is 10.0. The van der Waals surface area contributed by atoms with Crippen LogP contribution in [0.2, 0.25) is 0 Å². The Morgan fingerprint density at radius 3 is 2.47 bits per heavy atom. The Kier molecular flexibility index (Phi) is 2.61. The van der Waals surface area contributed by atoms with Gasteiger partial charge >= 0.3 is 0 Å². The Morgan fingerprint density at radius 2 is 1.93 bits per heavy atom. The molecule has 0 atom stereocenters. The molecule has 80 valence electrons. The third kappa shape index (κ3) is 2.26. The largest absolute Gasteiger partial charge is 0.298 e. The van der Waals surface area contributed by atoms with Gasteiger partial charge in [0, 0.05) is 18.5 Å². The van der Waals surface area contributed by atoms with Gasteiger partial charge in [-0.2, -0.15) is 0 Å². The molecule has 1 saturated heterocycles. The number of benzene rings is 1. The van der Waals surface area contributed by atoms with Gasteiger partial charge in [-0.3, -0.25) is 9.69 Å². The minimum atomic E-state index is 0.0208. The van der Waals surface area contributed by atoms with Gasteiger partial charge in [0.2, 0.25) is 0 Å². The molecular weight excluding hydrogens is 186 g/mol. The van der Waals surface area contributed by atoms with Crippen molar-refractivity contribution in [2.75, 3.05) is 6.54 Å². The normalized spacial score (nSPS) is 20.8. The Bertz CT molecular complexity index is 356. The third-order valence-corrected chi connectivity index (χ3v) is 3.07. The Balaban J connectivity index is 2.10. The van der Waals surface area contributed by atoms with Crippen LogP contribution < -0.4 is 0 Å². The van der Waals surface area contributed by atoms with Crippen LogP contribution in [0.5, 0.6) is 0 Å². The van der Waals surface area contributed by atoms with Crippen LogP contribution in [0.25, 0.3) is 0 Å². The van der Waals surface area contributed by atoms with E-state index in [2.05, 4.69) is 30.9 Å². The zero-order valence-corrected chi connectivity index (χ0v) is 9.36. The molecule has 1 aromatic rings. The number of hydrogen-bond donors (Lipinski definition) is 0. The number of hydrogen-bond acceptors (Lipinski definition) is 2. The van der Waals surface area contributed by atoms with Crippen LogP contribution >= 0.6 is 0 Å². The van der Waals surface area contributed by atoms with Crippen molar-refractivity contribution in [1.82, 2.24) is 4.90 Å². The van der Waals surface area contributed by atoms with Gasteiger partial charge in [0.05, 0.1) is 6.54 Å². The lowest BCUT2D eigenvalue weighted by molar-refractivity contribution is -0.117. The van der Waals surface area contributed by atoms with Gasteiger partial charge in [-0.25, -0.2) is 0 Å². The summed E-state index contributed by atoms with van der Waals surface area (Å²) in [5.74, 6) is 0.357. The average Bonchev–Trinajstić information content (AvgIpc) is 2.41. The van der Waals surface area contributed by atoms with Gasteiger partial charge in [-0.1, -0.05) is 30.3 Å². The minimum absolute atomic E-state index is 0.0208. The van der Waals surface area contributed by atoms with E-state index < -0.39 is 0 Å². The van der Waals surface area contributed by atoms with E-state index in [1.54, 1.807) is 0 Å². The average molecular weight is 203 g/mol. The van der Waals surface area contributed by atoms with Gasteiger partial charge in [0.25, 0.3) is 0 Å². The highest BCUT2D eigenvalue weighted by molar-refractivity contribution is 5.84. The van der Waals surface area contributed by atoms with Crippen LogP contribution in [0.3, 0.4) is 0 Å². The topological polar surface area (TPSA) is 20.3 Å². The number of Topliss-reactive ketones (excluding diaryl/α,β-unsaturated/α-hetero) is 1. The van der Waals surface area contributed by atoms with Crippen molar-refractivity contribution in [3.8, 4) is 0 Å². The molecule has 0 N–H and O–H groups in total. The summed E-state index contributed by atoms with van der Waals surface area (Å²) in [6, 6.07) is 10.3. The second kappa shape index (κ2) is 3.78. The van der Waals surface area contributed by atoms with Crippen LogP contribution in [0.1, 0.15) is 25.8 Å². The summed E-state index contributed by atoms with van der Waals surface area (Å²) < 4.78 is 0. The molecule has 0 amide bonds. The van der Waals surface area contributed by atoms with E-state index in [1.165, 1.54) is 5.56 Å². The van der Waals surface area contributed by atoms with E-state index in [0.717, 1.165) is 6.54 Å². The van der Waals surface area contributed by atoms with Gasteiger partial charge in [0.15, 0.2) is 0 Å². The maximum Gasteiger partial charge on any atom is 0.148 e. The van der Waals surface area contributed by atoms with E-state index in [0.29, 0.717) is 18.7 Å². The second-order valence-electron chi connectivity index (χ2n) is 4.87. The van der Waals surface area contributed by atoms with Crippen molar-refractivity contribution >= 4 is 5.78 Å². The molecule has 0 saturated carbocycles. The van der Waals surface area contributed by atoms with E-state index in [9.17, 15) is 4.79 Å². The quantitative estimate of drug-likeness (QED) is 0.734. The van der Waals surface area contributed by atoms with Gasteiger partial charge in [-0.05, 0) is 19.4 Å². The van der Waals surface area contributed by atoms with Crippen LogP contribution in [-0.2, 0) is 11.3 Å². The lowest BCUT2D eigenvalue weighted by Crippen LogP contribution is -2.37. The fourth-order valence-electron chi connectivity index (χ4n) is 2.15. The zero-order valence-electron chi connectivity index (χ0n) is 9.36. The number of carbonyl (C=O) groups is 1. The molecule has 1 aromatic carbocycles. The molecule has 2 heteroatoms. The lowest BCUT2D eigenvalue weighted by Gasteiger charge is -2.30. The molecule has 1 heterocycles. The Hall–Kier alpha value is -1.15. The van der Waals surface area contributed by atoms with Crippen LogP contribution in [0, 0.1) is 0 Å². The molecule has 1 fully saturated rings. The molecule has 0 aromatic heterocycles. The van der Waals surface area contributed by atoms with Gasteiger partial charge in [-0.15, -0.1) is 0 Å². The fraction of sp³-hybridized carbons (Fsp3) is 0.462. The first-order valence-corrected chi connectivity index (χ1v) is 5.39. The number of carbonyl (C=O) groups excluding carboxylic acids is 1. The zero-order chi connectivity index (χ0) is 10.9. The predicted octanol–water partition coefficient (Wildman–Crippen LogP) is 2.24. The highest BCUT2D eigenvalue weighted by Gasteiger charge is 2.36. The van der Waals surface area contributed by atoms with Crippen molar-refractivity contribution in [1.29, 1.82) is 0 Å². The summed E-state index contributed by atoms with van der Waals surface area (Å²) in [7, 11) is 0. The summed E-state index contributed by atoms with van der Waals surface area (Å²) in [5, 5.41) is 0. The highest BCUT2D eigenvalue weighted by atomic mass is 16.1. The highest BCUT2D eigenvalue weighted by Crippen LogP contribution is 2.27. The van der Waals surface area contributed by atoms with E-state index in [4.69, 9.17) is 0 Å². The van der Waals surface area contributed by atoms with Crippen molar-refractivity contribution < 1.29 is 4.79 Å². The van der Waals surface area contributed by atoms with Crippen molar-refractivity contribution in [2.24, 2.45) is 0 Å². The molecule has 0 unspecified atom stereocenters. The fourth-order valence-corrected chi connectivity index (χ4v) is 2.15. The standard InChI is InChI=1S/C13H17NO/c1-13(2)8-12(15)10-14(13)9-11-6-4-3-5-7-11/h3-7H,8-10H2,1-2H3. The van der Waals surface area contributed by atoms with E-state index in [-0.39, 0.29) is 5.54 Å². The molecule has 2 nitrogen and oxygen atoms in total. The summed E-state index contributed by atoms with van der Waals surface area (Å²) in [6.45, 7) is 5.75. The second-order valence-corrected chi connectivity index (χ2v) is 4.87. The Labute approximate surface area is 90.9 Å². The number of nitrogens with zero attached hydrogens (tertiary/aromatic N) is 1. The molecule has 2 rings (SSSR count). The third-order valence-electron chi connectivity index (χ3n) is 3.07. The summed E-state index contributed by atoms with van der Waals surface area (Å²) in [4.78, 5) is 13.7. The number of likely N-dealkylation sites (tertiary alicyclic amines) is 1.